The van der Waals surface area contributed by atoms with Crippen LogP contribution in [0.15, 0.2) is 49.9 Å². The molecule has 0 aliphatic heterocycles. The smallest absolute Gasteiger partial charge is 0.277 e. The maximum Gasteiger partial charge on any atom is 0.277 e. The molecule has 108 valence electrons. The average molecular weight is 343 g/mol. The van der Waals surface area contributed by atoms with E-state index in [1.165, 1.54) is 6.92 Å². The third kappa shape index (κ3) is 3.10. The van der Waals surface area contributed by atoms with E-state index >= 15 is 0 Å². The van der Waals surface area contributed by atoms with Crippen LogP contribution in [0.5, 0.6) is 0 Å². The van der Waals surface area contributed by atoms with Gasteiger partial charge < -0.3 is 0 Å². The van der Waals surface area contributed by atoms with Gasteiger partial charge in [0.25, 0.3) is 5.91 Å². The molecule has 0 spiro atoms. The van der Waals surface area contributed by atoms with Gasteiger partial charge in [0.05, 0.1) is 10.1 Å². The summed E-state index contributed by atoms with van der Waals surface area (Å²) in [4.78, 5) is 27.8. The van der Waals surface area contributed by atoms with Gasteiger partial charge in [-0.2, -0.15) is 0 Å². The lowest BCUT2D eigenvalue weighted by molar-refractivity contribution is -0.111. The van der Waals surface area contributed by atoms with Crippen molar-refractivity contribution in [2.45, 2.75) is 13.8 Å². The number of halogens is 3. The van der Waals surface area contributed by atoms with E-state index in [4.69, 9.17) is 34.8 Å². The summed E-state index contributed by atoms with van der Waals surface area (Å²) in [6, 6.07) is 6.90. The predicted molar refractivity (Wildman–Crippen MR) is 85.2 cm³/mol. The molecule has 0 atom stereocenters. The molecule has 0 saturated carbocycles. The molecule has 1 aliphatic rings. The van der Waals surface area contributed by atoms with E-state index in [0.717, 1.165) is 5.56 Å². The summed E-state index contributed by atoms with van der Waals surface area (Å²) in [5, 5.41) is -0.262. The Kier molecular flexibility index (Phi) is 4.67. The zero-order valence-corrected chi connectivity index (χ0v) is 13.5. The second kappa shape index (κ2) is 6.14. The highest BCUT2D eigenvalue weighted by Crippen LogP contribution is 2.32. The van der Waals surface area contributed by atoms with Gasteiger partial charge in [0.2, 0.25) is 5.78 Å². The molecule has 0 saturated heterocycles. The quantitative estimate of drug-likeness (QED) is 0.712. The number of aryl methyl sites for hydroxylation is 1. The van der Waals surface area contributed by atoms with Crippen LogP contribution in [-0.2, 0) is 4.79 Å². The lowest BCUT2D eigenvalue weighted by Gasteiger charge is -2.14. The summed E-state index contributed by atoms with van der Waals surface area (Å²) in [5.41, 5.74) is 1.65. The number of carbonyl (C=O) groups excluding carboxylic acids is 2. The van der Waals surface area contributed by atoms with Gasteiger partial charge in [0.15, 0.2) is 0 Å². The Balaban J connectivity index is 2.46. The number of Topliss-reactive ketones (excluding diaryl/α,β-unsaturated/α-hetero) is 1. The minimum Gasteiger partial charge on any atom is -0.288 e. The zero-order chi connectivity index (χ0) is 15.7. The number of ketones is 1. The van der Waals surface area contributed by atoms with E-state index < -0.39 is 11.7 Å². The first kappa shape index (κ1) is 16.0. The molecule has 6 heteroatoms. The maximum absolute atomic E-state index is 12.1. The molecule has 0 N–H and O–H groups in total. The van der Waals surface area contributed by atoms with Crippen molar-refractivity contribution in [3.8, 4) is 0 Å². The van der Waals surface area contributed by atoms with E-state index in [-0.39, 0.29) is 26.4 Å². The van der Waals surface area contributed by atoms with Crippen molar-refractivity contribution in [2.75, 3.05) is 0 Å². The third-order valence-corrected chi connectivity index (χ3v) is 4.28. The van der Waals surface area contributed by atoms with E-state index in [2.05, 4.69) is 4.99 Å². The molecule has 0 heterocycles. The molecular formula is C15H10Cl3NO2. The van der Waals surface area contributed by atoms with Crippen LogP contribution in [0.25, 0.3) is 0 Å². The average Bonchev–Trinajstić information content (AvgIpc) is 2.48. The summed E-state index contributed by atoms with van der Waals surface area (Å²) in [5.74, 6) is -0.971. The molecule has 0 fully saturated rings. The molecular weight excluding hydrogens is 333 g/mol. The minimum atomic E-state index is -0.507. The second-order valence-electron chi connectivity index (χ2n) is 4.53. The third-order valence-electron chi connectivity index (χ3n) is 2.99. The zero-order valence-electron chi connectivity index (χ0n) is 11.2. The normalized spacial score (nSPS) is 17.8. The van der Waals surface area contributed by atoms with Crippen molar-refractivity contribution in [1.82, 2.24) is 0 Å². The van der Waals surface area contributed by atoms with Crippen LogP contribution in [0.2, 0.25) is 0 Å². The first-order valence-electron chi connectivity index (χ1n) is 5.99. The lowest BCUT2D eigenvalue weighted by atomic mass is 10.0. The van der Waals surface area contributed by atoms with Crippen molar-refractivity contribution in [2.24, 2.45) is 4.99 Å². The van der Waals surface area contributed by atoms with Crippen LogP contribution in [0.3, 0.4) is 0 Å². The van der Waals surface area contributed by atoms with Crippen molar-refractivity contribution < 1.29 is 9.59 Å². The van der Waals surface area contributed by atoms with Crippen molar-refractivity contribution in [3.05, 3.63) is 56.1 Å². The van der Waals surface area contributed by atoms with Gasteiger partial charge in [-0.15, -0.1) is 0 Å². The number of carbonyl (C=O) groups is 2. The van der Waals surface area contributed by atoms with Gasteiger partial charge in [0.1, 0.15) is 10.7 Å². The van der Waals surface area contributed by atoms with E-state index in [1.807, 2.05) is 6.92 Å². The topological polar surface area (TPSA) is 46.5 Å². The highest BCUT2D eigenvalue weighted by molar-refractivity contribution is 6.65. The Hall–Kier alpha value is -1.42. The number of benzene rings is 1. The molecule has 0 aromatic heterocycles. The fourth-order valence-corrected chi connectivity index (χ4v) is 2.43. The minimum absolute atomic E-state index is 0.0195. The fraction of sp³-hybridized carbons (Fsp3) is 0.133. The number of amides is 1. The molecule has 1 aromatic rings. The highest BCUT2D eigenvalue weighted by atomic mass is 35.5. The van der Waals surface area contributed by atoms with E-state index in [0.29, 0.717) is 5.56 Å². The fourth-order valence-electron chi connectivity index (χ4n) is 1.70. The lowest BCUT2D eigenvalue weighted by Crippen LogP contribution is -2.17. The van der Waals surface area contributed by atoms with Crippen molar-refractivity contribution >= 4 is 52.2 Å². The number of nitrogens with zero attached hydrogens (tertiary/aromatic N) is 1. The predicted octanol–water partition coefficient (Wildman–Crippen LogP) is 4.36. The van der Waals surface area contributed by atoms with Gasteiger partial charge >= 0.3 is 0 Å². The first-order valence-corrected chi connectivity index (χ1v) is 7.13. The van der Waals surface area contributed by atoms with E-state index in [9.17, 15) is 9.59 Å². The summed E-state index contributed by atoms with van der Waals surface area (Å²) in [6.07, 6.45) is 0. The SMILES string of the molecule is CC1=C(Cl)C(=NC(=O)c2ccc(C)cc2)C(Cl)=C(Cl)C1=O. The number of aliphatic imine (C=N–C) groups is 1. The molecule has 0 radical (unpaired) electrons. The van der Waals surface area contributed by atoms with Crippen LogP contribution >= 0.6 is 34.8 Å². The molecule has 1 aromatic carbocycles. The Bertz CT molecular complexity index is 698. The Morgan fingerprint density at radius 3 is 2.10 bits per heavy atom. The monoisotopic (exact) mass is 341 g/mol. The Morgan fingerprint density at radius 2 is 1.52 bits per heavy atom. The van der Waals surface area contributed by atoms with Crippen LogP contribution < -0.4 is 0 Å². The molecule has 0 bridgehead atoms. The maximum atomic E-state index is 12.1. The molecule has 2 rings (SSSR count). The van der Waals surface area contributed by atoms with Gasteiger partial charge in [0, 0.05) is 11.1 Å². The van der Waals surface area contributed by atoms with Crippen molar-refractivity contribution in [1.29, 1.82) is 0 Å². The molecule has 1 aliphatic carbocycles. The molecule has 1 amide bonds. The second-order valence-corrected chi connectivity index (χ2v) is 5.66. The van der Waals surface area contributed by atoms with Gasteiger partial charge in [-0.3, -0.25) is 9.59 Å². The number of hydrogen-bond acceptors (Lipinski definition) is 2. The van der Waals surface area contributed by atoms with Crippen LogP contribution in [0, 0.1) is 6.92 Å². The molecule has 0 unspecified atom stereocenters. The largest absolute Gasteiger partial charge is 0.288 e. The molecule has 3 nitrogen and oxygen atoms in total. The van der Waals surface area contributed by atoms with Crippen LogP contribution in [0.1, 0.15) is 22.8 Å². The summed E-state index contributed by atoms with van der Waals surface area (Å²) >= 11 is 17.8. The van der Waals surface area contributed by atoms with Gasteiger partial charge in [-0.05, 0) is 26.0 Å². The Morgan fingerprint density at radius 1 is 0.952 bits per heavy atom. The number of hydrogen-bond donors (Lipinski definition) is 0. The number of allylic oxidation sites excluding steroid dienone is 4. The summed E-state index contributed by atoms with van der Waals surface area (Å²) < 4.78 is 0. The van der Waals surface area contributed by atoms with Crippen LogP contribution in [-0.4, -0.2) is 17.4 Å². The van der Waals surface area contributed by atoms with Crippen molar-refractivity contribution in [3.63, 3.8) is 0 Å². The first-order chi connectivity index (χ1) is 9.82. The van der Waals surface area contributed by atoms with Crippen LogP contribution in [0.4, 0.5) is 0 Å². The Labute approximate surface area is 136 Å². The summed E-state index contributed by atoms with van der Waals surface area (Å²) in [6.45, 7) is 3.41. The van der Waals surface area contributed by atoms with Gasteiger partial charge in [-0.25, -0.2) is 4.99 Å². The summed E-state index contributed by atoms with van der Waals surface area (Å²) in [7, 11) is 0. The van der Waals surface area contributed by atoms with E-state index in [1.54, 1.807) is 24.3 Å². The number of rotatable bonds is 1. The van der Waals surface area contributed by atoms with Gasteiger partial charge in [-0.1, -0.05) is 52.5 Å². The molecule has 21 heavy (non-hydrogen) atoms. The highest BCUT2D eigenvalue weighted by Gasteiger charge is 2.29. The standard InChI is InChI=1S/C15H10Cl3NO2/c1-7-3-5-9(6-4-7)15(21)19-13-10(16)8(2)14(20)12(18)11(13)17/h3-6H,1-2H3.